The summed E-state index contributed by atoms with van der Waals surface area (Å²) in [6.45, 7) is 0.689. The van der Waals surface area contributed by atoms with Gasteiger partial charge in [0.2, 0.25) is 0 Å². The predicted molar refractivity (Wildman–Crippen MR) is 91.7 cm³/mol. The van der Waals surface area contributed by atoms with Crippen LogP contribution in [0.5, 0.6) is 17.2 Å². The van der Waals surface area contributed by atoms with E-state index in [2.05, 4.69) is 37.2 Å². The first kappa shape index (κ1) is 15.7. The number of hydrogen-bond acceptors (Lipinski definition) is 4. The lowest BCUT2D eigenvalue weighted by Crippen LogP contribution is -2.38. The molecule has 1 aliphatic heterocycles. The highest BCUT2D eigenvalue weighted by molar-refractivity contribution is 5.82. The number of ether oxygens (including phenoxy) is 3. The zero-order valence-corrected chi connectivity index (χ0v) is 14.1. The summed E-state index contributed by atoms with van der Waals surface area (Å²) in [5.41, 5.74) is 3.19. The van der Waals surface area contributed by atoms with Crippen LogP contribution in [0.4, 0.5) is 0 Å². The van der Waals surface area contributed by atoms with Crippen molar-refractivity contribution in [3.8, 4) is 28.4 Å². The van der Waals surface area contributed by atoms with Crippen molar-refractivity contribution < 1.29 is 14.2 Å². The molecular weight excluding hydrogens is 290 g/mol. The van der Waals surface area contributed by atoms with Crippen LogP contribution in [-0.2, 0) is 6.42 Å². The minimum Gasteiger partial charge on any atom is -0.496 e. The quantitative estimate of drug-likeness (QED) is 0.867. The average Bonchev–Trinajstić information content (AvgIpc) is 2.59. The molecule has 0 N–H and O–H groups in total. The second-order valence-corrected chi connectivity index (χ2v) is 5.96. The fourth-order valence-electron chi connectivity index (χ4n) is 3.05. The SMILES string of the molecule is COc1cccc(OC)c1-c1cccc2c1OC[C@H](N(C)C)C2. The van der Waals surface area contributed by atoms with Gasteiger partial charge in [0.15, 0.2) is 0 Å². The van der Waals surface area contributed by atoms with Crippen molar-refractivity contribution in [3.63, 3.8) is 0 Å². The van der Waals surface area contributed by atoms with E-state index in [4.69, 9.17) is 14.2 Å². The smallest absolute Gasteiger partial charge is 0.130 e. The average molecular weight is 313 g/mol. The molecule has 0 aromatic heterocycles. The van der Waals surface area contributed by atoms with Crippen molar-refractivity contribution >= 4 is 0 Å². The van der Waals surface area contributed by atoms with Gasteiger partial charge in [0.25, 0.3) is 0 Å². The number of fused-ring (bicyclic) bond motifs is 1. The molecular formula is C19H23NO3. The molecule has 1 aliphatic rings. The fraction of sp³-hybridized carbons (Fsp3) is 0.368. The predicted octanol–water partition coefficient (Wildman–Crippen LogP) is 3.24. The lowest BCUT2D eigenvalue weighted by Gasteiger charge is -2.31. The Hall–Kier alpha value is -2.20. The highest BCUT2D eigenvalue weighted by Gasteiger charge is 2.26. The molecule has 0 amide bonds. The molecule has 4 nitrogen and oxygen atoms in total. The third-order valence-electron chi connectivity index (χ3n) is 4.40. The van der Waals surface area contributed by atoms with E-state index in [1.54, 1.807) is 14.2 Å². The largest absolute Gasteiger partial charge is 0.496 e. The number of nitrogens with zero attached hydrogens (tertiary/aromatic N) is 1. The van der Waals surface area contributed by atoms with Crippen LogP contribution in [-0.4, -0.2) is 45.9 Å². The van der Waals surface area contributed by atoms with E-state index in [1.807, 2.05) is 18.2 Å². The molecule has 1 heterocycles. The molecule has 0 spiro atoms. The van der Waals surface area contributed by atoms with Crippen molar-refractivity contribution in [2.24, 2.45) is 0 Å². The maximum Gasteiger partial charge on any atom is 0.130 e. The monoisotopic (exact) mass is 313 g/mol. The minimum atomic E-state index is 0.400. The first-order valence-electron chi connectivity index (χ1n) is 7.78. The second-order valence-electron chi connectivity index (χ2n) is 5.96. The Morgan fingerprint density at radius 3 is 2.26 bits per heavy atom. The van der Waals surface area contributed by atoms with Crippen molar-refractivity contribution in [2.75, 3.05) is 34.9 Å². The van der Waals surface area contributed by atoms with Gasteiger partial charge in [-0.2, -0.15) is 0 Å². The molecule has 0 bridgehead atoms. The van der Waals surface area contributed by atoms with E-state index in [0.717, 1.165) is 34.8 Å². The van der Waals surface area contributed by atoms with Crippen molar-refractivity contribution in [2.45, 2.75) is 12.5 Å². The van der Waals surface area contributed by atoms with E-state index in [1.165, 1.54) is 5.56 Å². The summed E-state index contributed by atoms with van der Waals surface area (Å²) in [7, 11) is 7.53. The zero-order chi connectivity index (χ0) is 16.4. The summed E-state index contributed by atoms with van der Waals surface area (Å²) in [6, 6.07) is 12.5. The van der Waals surface area contributed by atoms with E-state index in [0.29, 0.717) is 12.6 Å². The van der Waals surface area contributed by atoms with Gasteiger partial charge in [0.05, 0.1) is 19.8 Å². The van der Waals surface area contributed by atoms with Gasteiger partial charge in [-0.15, -0.1) is 0 Å². The van der Waals surface area contributed by atoms with Crippen molar-refractivity contribution in [1.29, 1.82) is 0 Å². The molecule has 0 saturated heterocycles. The van der Waals surface area contributed by atoms with Crippen LogP contribution in [0, 0.1) is 0 Å². The molecule has 2 aromatic carbocycles. The summed E-state index contributed by atoms with van der Waals surface area (Å²) in [5.74, 6) is 2.51. The first-order valence-corrected chi connectivity index (χ1v) is 7.78. The Balaban J connectivity index is 2.12. The molecule has 4 heteroatoms. The van der Waals surface area contributed by atoms with E-state index in [-0.39, 0.29) is 0 Å². The lowest BCUT2D eigenvalue weighted by atomic mass is 9.94. The van der Waals surface area contributed by atoms with Crippen LogP contribution in [0.2, 0.25) is 0 Å². The standard InChI is InChI=1S/C19H23NO3/c1-20(2)14-11-13-7-5-8-15(19(13)23-12-14)18-16(21-3)9-6-10-17(18)22-4/h5-10,14H,11-12H2,1-4H3/t14-/m1/s1. The highest BCUT2D eigenvalue weighted by atomic mass is 16.5. The van der Waals surface area contributed by atoms with Crippen LogP contribution in [0.1, 0.15) is 5.56 Å². The van der Waals surface area contributed by atoms with Crippen LogP contribution in [0.25, 0.3) is 11.1 Å². The summed E-state index contributed by atoms with van der Waals surface area (Å²) in [6.07, 6.45) is 0.980. The normalized spacial score (nSPS) is 16.7. The number of likely N-dealkylation sites (N-methyl/N-ethyl adjacent to an activating group) is 1. The van der Waals surface area contributed by atoms with Gasteiger partial charge in [-0.1, -0.05) is 24.3 Å². The molecule has 0 fully saturated rings. The molecule has 3 rings (SSSR count). The van der Waals surface area contributed by atoms with Crippen LogP contribution in [0.15, 0.2) is 36.4 Å². The van der Waals surface area contributed by atoms with Crippen LogP contribution in [0.3, 0.4) is 0 Å². The van der Waals surface area contributed by atoms with Crippen molar-refractivity contribution in [3.05, 3.63) is 42.0 Å². The highest BCUT2D eigenvalue weighted by Crippen LogP contribution is 2.45. The maximum atomic E-state index is 6.13. The molecule has 0 radical (unpaired) electrons. The molecule has 122 valence electrons. The lowest BCUT2D eigenvalue weighted by molar-refractivity contribution is 0.165. The van der Waals surface area contributed by atoms with Gasteiger partial charge in [0.1, 0.15) is 23.9 Å². The summed E-state index contributed by atoms with van der Waals surface area (Å²) in [5, 5.41) is 0. The van der Waals surface area contributed by atoms with Gasteiger partial charge < -0.3 is 19.1 Å². The van der Waals surface area contributed by atoms with Gasteiger partial charge in [0, 0.05) is 11.6 Å². The van der Waals surface area contributed by atoms with Crippen LogP contribution >= 0.6 is 0 Å². The van der Waals surface area contributed by atoms with Crippen LogP contribution < -0.4 is 14.2 Å². The molecule has 1 atom stereocenters. The summed E-state index contributed by atoms with van der Waals surface area (Å²) in [4.78, 5) is 2.21. The molecule has 0 saturated carbocycles. The van der Waals surface area contributed by atoms with Gasteiger partial charge >= 0.3 is 0 Å². The number of para-hydroxylation sites is 1. The third kappa shape index (κ3) is 2.86. The third-order valence-corrected chi connectivity index (χ3v) is 4.40. The van der Waals surface area contributed by atoms with E-state index < -0.39 is 0 Å². The number of methoxy groups -OCH3 is 2. The van der Waals surface area contributed by atoms with E-state index in [9.17, 15) is 0 Å². The maximum absolute atomic E-state index is 6.13. The Labute approximate surface area is 137 Å². The molecule has 0 unspecified atom stereocenters. The Kier molecular flexibility index (Phi) is 4.44. The Morgan fingerprint density at radius 1 is 1.00 bits per heavy atom. The Bertz CT molecular complexity index is 675. The van der Waals surface area contributed by atoms with Crippen molar-refractivity contribution in [1.82, 2.24) is 4.90 Å². The van der Waals surface area contributed by atoms with E-state index >= 15 is 0 Å². The van der Waals surface area contributed by atoms with Gasteiger partial charge in [-0.05, 0) is 38.2 Å². The molecule has 23 heavy (non-hydrogen) atoms. The Morgan fingerprint density at radius 2 is 1.65 bits per heavy atom. The first-order chi connectivity index (χ1) is 11.2. The summed E-state index contributed by atoms with van der Waals surface area (Å²) < 4.78 is 17.2. The minimum absolute atomic E-state index is 0.400. The number of rotatable bonds is 4. The fourth-order valence-corrected chi connectivity index (χ4v) is 3.05. The number of hydrogen-bond donors (Lipinski definition) is 0. The molecule has 0 aliphatic carbocycles. The number of benzene rings is 2. The van der Waals surface area contributed by atoms with Gasteiger partial charge in [-0.25, -0.2) is 0 Å². The topological polar surface area (TPSA) is 30.9 Å². The molecule has 2 aromatic rings. The zero-order valence-electron chi connectivity index (χ0n) is 14.1. The second kappa shape index (κ2) is 6.50. The van der Waals surface area contributed by atoms with Gasteiger partial charge in [-0.3, -0.25) is 0 Å². The summed E-state index contributed by atoms with van der Waals surface area (Å²) >= 11 is 0.